The minimum Gasteiger partial charge on any atom is -0.691 e. The maximum atomic E-state index is 12.8. The molecular weight excluding hydrogens is 290 g/mol. The molecule has 0 fully saturated rings. The maximum absolute atomic E-state index is 12.8. The molecule has 0 aromatic heterocycles. The second-order valence-electron chi connectivity index (χ2n) is 3.18. The number of carbonyl (C=O) groups is 1. The van der Waals surface area contributed by atoms with E-state index in [0.717, 1.165) is 6.42 Å². The largest absolute Gasteiger partial charge is 0.691 e. The third-order valence-electron chi connectivity index (χ3n) is 1.71. The van der Waals surface area contributed by atoms with Crippen molar-refractivity contribution in [2.24, 2.45) is 0 Å². The molecule has 0 N–H and O–H groups in total. The van der Waals surface area contributed by atoms with E-state index >= 15 is 0 Å². The molecule has 0 saturated carbocycles. The van der Waals surface area contributed by atoms with Gasteiger partial charge in [0.2, 0.25) is 0 Å². The highest BCUT2D eigenvalue weighted by molar-refractivity contribution is 7.96. The van der Waals surface area contributed by atoms with E-state index in [-0.39, 0.29) is 19.6 Å². The van der Waals surface area contributed by atoms with Crippen LogP contribution in [0.3, 0.4) is 0 Å². The second kappa shape index (κ2) is 11.3. The Balaban J connectivity index is 3.52. The third kappa shape index (κ3) is 9.99. The third-order valence-corrected chi connectivity index (χ3v) is 2.21. The van der Waals surface area contributed by atoms with Crippen molar-refractivity contribution < 1.29 is 42.4 Å². The normalized spacial score (nSPS) is 11.6. The average Bonchev–Trinajstić information content (AvgIpc) is 2.39. The predicted octanol–water partition coefficient (Wildman–Crippen LogP) is 0.437. The zero-order valence-electron chi connectivity index (χ0n) is 10.3. The molecule has 7 nitrogen and oxygen atoms in total. The lowest BCUT2D eigenvalue weighted by atomic mass is 10.4. The molecule has 0 spiro atoms. The number of rotatable bonds is 12. The molecule has 0 saturated heterocycles. The van der Waals surface area contributed by atoms with Crippen molar-refractivity contribution in [2.75, 3.05) is 33.5 Å². The molecule has 114 valence electrons. The van der Waals surface area contributed by atoms with Gasteiger partial charge in [-0.05, 0) is 6.42 Å². The van der Waals surface area contributed by atoms with Crippen LogP contribution in [0.5, 0.6) is 0 Å². The Morgan fingerprint density at radius 3 is 2.42 bits per heavy atom. The Bertz CT molecular complexity index is 243. The molecule has 0 aromatic carbocycles. The molecule has 0 aliphatic carbocycles. The van der Waals surface area contributed by atoms with Gasteiger partial charge in [-0.3, -0.25) is 5.04 Å². The summed E-state index contributed by atoms with van der Waals surface area (Å²) in [7, 11) is 1.57. The lowest BCUT2D eigenvalue weighted by Crippen LogP contribution is -2.28. The number of ether oxygens (including phenoxy) is 3. The van der Waals surface area contributed by atoms with Crippen molar-refractivity contribution in [1.29, 1.82) is 0 Å². The van der Waals surface area contributed by atoms with E-state index in [9.17, 15) is 18.8 Å². The molecule has 0 radical (unpaired) electrons. The van der Waals surface area contributed by atoms with Gasteiger partial charge in [-0.15, -0.1) is 0 Å². The molecule has 0 heterocycles. The summed E-state index contributed by atoms with van der Waals surface area (Å²) in [5.74, 6) is -1.81. The molecular formula is C9H15F2O7S-. The van der Waals surface area contributed by atoms with E-state index in [2.05, 4.69) is 14.1 Å². The van der Waals surface area contributed by atoms with Crippen molar-refractivity contribution >= 4 is 18.0 Å². The number of esters is 1. The molecule has 0 aliphatic rings. The summed E-state index contributed by atoms with van der Waals surface area (Å²) in [6, 6.07) is 0. The number of alkyl halides is 2. The van der Waals surface area contributed by atoms with Gasteiger partial charge in [-0.1, -0.05) is 0 Å². The highest BCUT2D eigenvalue weighted by Gasteiger charge is 2.43. The quantitative estimate of drug-likeness (QED) is 0.169. The van der Waals surface area contributed by atoms with Gasteiger partial charge in [0, 0.05) is 33.4 Å². The summed E-state index contributed by atoms with van der Waals surface area (Å²) in [5.41, 5.74) is 0. The predicted molar refractivity (Wildman–Crippen MR) is 57.6 cm³/mol. The fourth-order valence-corrected chi connectivity index (χ4v) is 1.15. The summed E-state index contributed by atoms with van der Waals surface area (Å²) in [6.45, 7) is 1.09. The van der Waals surface area contributed by atoms with Gasteiger partial charge < -0.3 is 19.5 Å². The summed E-state index contributed by atoms with van der Waals surface area (Å²) >= 11 is -0.724. The Morgan fingerprint density at radius 2 is 1.84 bits per heavy atom. The number of hydrogen-bond donors (Lipinski definition) is 0. The highest BCUT2D eigenvalue weighted by atomic mass is 32.2. The minimum atomic E-state index is -4.00. The van der Waals surface area contributed by atoms with Crippen LogP contribution in [0.1, 0.15) is 12.8 Å². The van der Waals surface area contributed by atoms with Crippen LogP contribution in [0, 0.1) is 0 Å². The van der Waals surface area contributed by atoms with Crippen LogP contribution in [0.25, 0.3) is 0 Å². The monoisotopic (exact) mass is 305 g/mol. The first-order chi connectivity index (χ1) is 9.04. The molecule has 0 aliphatic heterocycles. The van der Waals surface area contributed by atoms with E-state index in [0.29, 0.717) is 13.2 Å². The fraction of sp³-hybridized carbons (Fsp3) is 0.889. The van der Waals surface area contributed by atoms with E-state index in [4.69, 9.17) is 9.47 Å². The number of methoxy groups -OCH3 is 1. The molecule has 0 amide bonds. The fourth-order valence-electron chi connectivity index (χ4n) is 0.908. The highest BCUT2D eigenvalue weighted by Crippen LogP contribution is 2.30. The smallest absolute Gasteiger partial charge is 0.415 e. The lowest BCUT2D eigenvalue weighted by molar-refractivity contribution is -0.777. The van der Waals surface area contributed by atoms with Crippen LogP contribution >= 0.6 is 12.0 Å². The molecule has 0 aromatic rings. The van der Waals surface area contributed by atoms with Crippen LogP contribution in [0.15, 0.2) is 0 Å². The van der Waals surface area contributed by atoms with Gasteiger partial charge in [0.25, 0.3) is 0 Å². The Hall–Kier alpha value is -0.520. The molecule has 0 bridgehead atoms. The van der Waals surface area contributed by atoms with Crippen LogP contribution in [0.4, 0.5) is 8.78 Å². The Morgan fingerprint density at radius 1 is 1.21 bits per heavy atom. The van der Waals surface area contributed by atoms with E-state index in [1.54, 1.807) is 7.11 Å². The maximum Gasteiger partial charge on any atom is 0.415 e. The molecule has 0 atom stereocenters. The average molecular weight is 305 g/mol. The van der Waals surface area contributed by atoms with Gasteiger partial charge >= 0.3 is 11.2 Å². The first-order valence-electron chi connectivity index (χ1n) is 5.30. The summed E-state index contributed by atoms with van der Waals surface area (Å²) in [6.07, 6.45) is 0.996. The van der Waals surface area contributed by atoms with E-state index in [1.165, 1.54) is 0 Å². The van der Waals surface area contributed by atoms with Gasteiger partial charge in [-0.2, -0.15) is 13.1 Å². The van der Waals surface area contributed by atoms with Gasteiger partial charge in [0.05, 0.1) is 6.61 Å². The van der Waals surface area contributed by atoms with Gasteiger partial charge in [0.15, 0.2) is 0 Å². The standard InChI is InChI=1S/C9H16F2O7S/c1-14-4-2-5-15-6-3-7-16-8(12)9(10,11)19-18-17-13/h13H,2-7H2,1H3/p-1. The molecule has 10 heteroatoms. The molecule has 0 unspecified atom stereocenters. The topological polar surface area (TPSA) is 86.3 Å². The summed E-state index contributed by atoms with van der Waals surface area (Å²) in [5, 5.41) is 8.07. The number of hydrogen-bond acceptors (Lipinski definition) is 8. The van der Waals surface area contributed by atoms with E-state index in [1.807, 2.05) is 0 Å². The lowest BCUT2D eigenvalue weighted by Gasteiger charge is -2.13. The van der Waals surface area contributed by atoms with Crippen molar-refractivity contribution in [2.45, 2.75) is 18.1 Å². The van der Waals surface area contributed by atoms with Crippen molar-refractivity contribution in [3.8, 4) is 0 Å². The SMILES string of the molecule is COCCCOCCCOC(=O)C(F)(F)SOO[O-]. The van der Waals surface area contributed by atoms with Crippen molar-refractivity contribution in [3.63, 3.8) is 0 Å². The second-order valence-corrected chi connectivity index (χ2v) is 4.00. The number of carbonyl (C=O) groups excluding carboxylic acids is 1. The van der Waals surface area contributed by atoms with Crippen LogP contribution in [-0.2, 0) is 28.4 Å². The van der Waals surface area contributed by atoms with Crippen LogP contribution in [0.2, 0.25) is 0 Å². The Kier molecular flexibility index (Phi) is 11.0. The van der Waals surface area contributed by atoms with Crippen LogP contribution in [-0.4, -0.2) is 44.8 Å². The van der Waals surface area contributed by atoms with Gasteiger partial charge in [0.1, 0.15) is 12.0 Å². The summed E-state index contributed by atoms with van der Waals surface area (Å²) < 4.78 is 43.2. The summed E-state index contributed by atoms with van der Waals surface area (Å²) in [4.78, 5) is 10.9. The molecule has 0 rings (SSSR count). The van der Waals surface area contributed by atoms with Crippen molar-refractivity contribution in [1.82, 2.24) is 0 Å². The van der Waals surface area contributed by atoms with Gasteiger partial charge in [-0.25, -0.2) is 4.79 Å². The van der Waals surface area contributed by atoms with Crippen LogP contribution < -0.4 is 5.26 Å². The first-order valence-corrected chi connectivity index (χ1v) is 6.04. The van der Waals surface area contributed by atoms with Crippen molar-refractivity contribution in [3.05, 3.63) is 0 Å². The number of halogens is 2. The minimum absolute atomic E-state index is 0.225. The Labute approximate surface area is 113 Å². The zero-order valence-corrected chi connectivity index (χ0v) is 11.1. The first kappa shape index (κ1) is 18.5. The zero-order chi connectivity index (χ0) is 14.6. The van der Waals surface area contributed by atoms with E-state index < -0.39 is 23.3 Å². The molecule has 19 heavy (non-hydrogen) atoms.